The van der Waals surface area contributed by atoms with Gasteiger partial charge < -0.3 is 0 Å². The Morgan fingerprint density at radius 3 is 2.55 bits per heavy atom. The topological polar surface area (TPSA) is 72.0 Å². The number of rotatable bonds is 3. The fraction of sp³-hybridized carbons (Fsp3) is 0. The summed E-state index contributed by atoms with van der Waals surface area (Å²) in [6.45, 7) is 0. The third-order valence-electron chi connectivity index (χ3n) is 2.16. The van der Waals surface area contributed by atoms with E-state index < -0.39 is 26.6 Å². The van der Waals surface area contributed by atoms with Crippen molar-refractivity contribution in [2.24, 2.45) is 0 Å². The standard InChI is InChI=1S/C10H5Cl2F2N3O2S/c11-8-9(12)15-4-16-10(8)17-20(18,19)7-3-5(13)1-2-6(7)14/h1-4H,(H,15,16,17). The Balaban J connectivity index is 2.46. The third kappa shape index (κ3) is 2.97. The molecule has 0 aliphatic rings. The van der Waals surface area contributed by atoms with Gasteiger partial charge in [0, 0.05) is 0 Å². The van der Waals surface area contributed by atoms with Crippen molar-refractivity contribution in [1.82, 2.24) is 9.97 Å². The molecular formula is C10H5Cl2F2N3O2S. The molecule has 106 valence electrons. The molecular weight excluding hydrogens is 335 g/mol. The smallest absolute Gasteiger partial charge is 0.262 e. The maximum Gasteiger partial charge on any atom is 0.266 e. The molecule has 0 bridgehead atoms. The summed E-state index contributed by atoms with van der Waals surface area (Å²) < 4.78 is 52.3. The van der Waals surface area contributed by atoms with E-state index in [1.54, 1.807) is 0 Å². The first-order valence-corrected chi connectivity index (χ1v) is 7.19. The minimum absolute atomic E-state index is 0.181. The van der Waals surface area contributed by atoms with Gasteiger partial charge in [-0.1, -0.05) is 23.2 Å². The van der Waals surface area contributed by atoms with E-state index >= 15 is 0 Å². The van der Waals surface area contributed by atoms with Crippen LogP contribution >= 0.6 is 23.2 Å². The number of nitrogens with zero attached hydrogens (tertiary/aromatic N) is 2. The Bertz CT molecular complexity index is 771. The largest absolute Gasteiger partial charge is 0.266 e. The van der Waals surface area contributed by atoms with Gasteiger partial charge in [0.05, 0.1) is 0 Å². The highest BCUT2D eigenvalue weighted by Crippen LogP contribution is 2.28. The van der Waals surface area contributed by atoms with Gasteiger partial charge in [-0.25, -0.2) is 27.2 Å². The van der Waals surface area contributed by atoms with Gasteiger partial charge in [-0.2, -0.15) is 0 Å². The normalized spacial score (nSPS) is 11.4. The summed E-state index contributed by atoms with van der Waals surface area (Å²) in [6.07, 6.45) is 0.966. The highest BCUT2D eigenvalue weighted by molar-refractivity contribution is 7.92. The summed E-state index contributed by atoms with van der Waals surface area (Å²) in [5, 5.41) is -0.436. The molecule has 1 aromatic carbocycles. The predicted octanol–water partition coefficient (Wildman–Crippen LogP) is 2.86. The zero-order valence-corrected chi connectivity index (χ0v) is 11.8. The SMILES string of the molecule is O=S(=O)(Nc1ncnc(Cl)c1Cl)c1cc(F)ccc1F. The van der Waals surface area contributed by atoms with Crippen LogP contribution in [0.5, 0.6) is 0 Å². The summed E-state index contributed by atoms with van der Waals surface area (Å²) >= 11 is 11.3. The predicted molar refractivity (Wildman–Crippen MR) is 69.2 cm³/mol. The lowest BCUT2D eigenvalue weighted by Crippen LogP contribution is -2.16. The first-order chi connectivity index (χ1) is 9.31. The average molecular weight is 340 g/mol. The molecule has 0 amide bonds. The van der Waals surface area contributed by atoms with Gasteiger partial charge in [0.25, 0.3) is 10.0 Å². The van der Waals surface area contributed by atoms with Crippen LogP contribution in [0.2, 0.25) is 10.2 Å². The van der Waals surface area contributed by atoms with Crippen molar-refractivity contribution in [2.75, 3.05) is 4.72 Å². The van der Waals surface area contributed by atoms with E-state index in [0.29, 0.717) is 12.1 Å². The van der Waals surface area contributed by atoms with E-state index in [4.69, 9.17) is 23.2 Å². The van der Waals surface area contributed by atoms with Crippen LogP contribution < -0.4 is 4.72 Å². The first kappa shape index (κ1) is 14.9. The Morgan fingerprint density at radius 2 is 1.85 bits per heavy atom. The van der Waals surface area contributed by atoms with E-state index in [2.05, 4.69) is 9.97 Å². The minimum Gasteiger partial charge on any atom is -0.262 e. The van der Waals surface area contributed by atoms with Crippen LogP contribution in [0.3, 0.4) is 0 Å². The molecule has 0 aliphatic carbocycles. The van der Waals surface area contributed by atoms with E-state index in [-0.39, 0.29) is 16.0 Å². The maximum absolute atomic E-state index is 13.5. The van der Waals surface area contributed by atoms with Crippen LogP contribution in [0.15, 0.2) is 29.4 Å². The zero-order valence-electron chi connectivity index (χ0n) is 9.44. The molecule has 0 aliphatic heterocycles. The van der Waals surface area contributed by atoms with Crippen molar-refractivity contribution in [2.45, 2.75) is 4.90 Å². The average Bonchev–Trinajstić information content (AvgIpc) is 2.37. The zero-order chi connectivity index (χ0) is 14.9. The first-order valence-electron chi connectivity index (χ1n) is 4.95. The van der Waals surface area contributed by atoms with Gasteiger partial charge in [0.2, 0.25) is 0 Å². The van der Waals surface area contributed by atoms with Gasteiger partial charge in [-0.3, -0.25) is 4.72 Å². The van der Waals surface area contributed by atoms with Crippen molar-refractivity contribution < 1.29 is 17.2 Å². The number of hydrogen-bond donors (Lipinski definition) is 1. The van der Waals surface area contributed by atoms with E-state index in [0.717, 1.165) is 12.4 Å². The van der Waals surface area contributed by atoms with Crippen LogP contribution in [0, 0.1) is 11.6 Å². The van der Waals surface area contributed by atoms with Crippen LogP contribution in [-0.4, -0.2) is 18.4 Å². The number of anilines is 1. The summed E-state index contributed by atoms with van der Waals surface area (Å²) in [5.74, 6) is -2.36. The number of aromatic nitrogens is 2. The lowest BCUT2D eigenvalue weighted by atomic mass is 10.3. The Morgan fingerprint density at radius 1 is 1.15 bits per heavy atom. The summed E-state index contributed by atoms with van der Waals surface area (Å²) in [6, 6.07) is 2.02. The van der Waals surface area contributed by atoms with Crippen molar-refractivity contribution in [3.8, 4) is 0 Å². The molecule has 10 heteroatoms. The van der Waals surface area contributed by atoms with Crippen molar-refractivity contribution in [3.05, 3.63) is 46.3 Å². The molecule has 1 N–H and O–H groups in total. The number of nitrogens with one attached hydrogen (secondary N) is 1. The number of sulfonamides is 1. The van der Waals surface area contributed by atoms with Crippen LogP contribution in [0.4, 0.5) is 14.6 Å². The number of benzene rings is 1. The van der Waals surface area contributed by atoms with Crippen molar-refractivity contribution in [1.29, 1.82) is 0 Å². The van der Waals surface area contributed by atoms with Gasteiger partial charge in [0.1, 0.15) is 27.9 Å². The van der Waals surface area contributed by atoms with Crippen molar-refractivity contribution in [3.63, 3.8) is 0 Å². The van der Waals surface area contributed by atoms with E-state index in [1.165, 1.54) is 0 Å². The molecule has 0 unspecified atom stereocenters. The summed E-state index contributed by atoms with van der Waals surface area (Å²) in [7, 11) is -4.40. The minimum atomic E-state index is -4.40. The van der Waals surface area contributed by atoms with Gasteiger partial charge in [-0.15, -0.1) is 0 Å². The molecule has 0 fully saturated rings. The monoisotopic (exact) mass is 339 g/mol. The van der Waals surface area contributed by atoms with Gasteiger partial charge in [-0.05, 0) is 18.2 Å². The summed E-state index contributed by atoms with van der Waals surface area (Å²) in [5.41, 5.74) is 0. The second kappa shape index (κ2) is 5.47. The number of hydrogen-bond acceptors (Lipinski definition) is 4. The molecule has 5 nitrogen and oxygen atoms in total. The molecule has 20 heavy (non-hydrogen) atoms. The highest BCUT2D eigenvalue weighted by atomic mass is 35.5. The fourth-order valence-corrected chi connectivity index (χ4v) is 2.73. The lowest BCUT2D eigenvalue weighted by molar-refractivity contribution is 0.555. The third-order valence-corrected chi connectivity index (χ3v) is 4.26. The molecule has 0 spiro atoms. The molecule has 0 radical (unpaired) electrons. The molecule has 0 saturated heterocycles. The highest BCUT2D eigenvalue weighted by Gasteiger charge is 2.22. The van der Waals surface area contributed by atoms with Crippen molar-refractivity contribution >= 4 is 39.0 Å². The van der Waals surface area contributed by atoms with E-state index in [9.17, 15) is 17.2 Å². The molecule has 0 atom stereocenters. The Kier molecular flexibility index (Phi) is 4.07. The van der Waals surface area contributed by atoms with Crippen LogP contribution in [0.1, 0.15) is 0 Å². The number of halogens is 4. The van der Waals surface area contributed by atoms with Gasteiger partial charge in [0.15, 0.2) is 11.0 Å². The molecule has 1 heterocycles. The van der Waals surface area contributed by atoms with Gasteiger partial charge >= 0.3 is 0 Å². The van der Waals surface area contributed by atoms with Crippen LogP contribution in [0.25, 0.3) is 0 Å². The summed E-state index contributed by atoms with van der Waals surface area (Å²) in [4.78, 5) is 6.22. The lowest BCUT2D eigenvalue weighted by Gasteiger charge is -2.09. The molecule has 1 aromatic heterocycles. The Labute approximate surface area is 122 Å². The second-order valence-corrected chi connectivity index (χ2v) is 5.89. The fourth-order valence-electron chi connectivity index (χ4n) is 1.28. The Hall–Kier alpha value is -1.51. The quantitative estimate of drug-likeness (QED) is 0.872. The maximum atomic E-state index is 13.5. The molecule has 0 saturated carbocycles. The van der Waals surface area contributed by atoms with E-state index in [1.807, 2.05) is 4.72 Å². The molecule has 2 rings (SSSR count). The molecule has 2 aromatic rings. The van der Waals surface area contributed by atoms with Crippen LogP contribution in [-0.2, 0) is 10.0 Å². The second-order valence-electron chi connectivity index (χ2n) is 3.51.